The number of benzene rings is 1. The second-order valence-corrected chi connectivity index (χ2v) is 8.24. The SMILES string of the molecule is CCN1CCC(N2CCc3ccc(C(O)c4ccc(N(C)C)nc4)cc32)CC1. The van der Waals surface area contributed by atoms with Crippen LogP contribution in [0.25, 0.3) is 0 Å². The Kier molecular flexibility index (Phi) is 5.56. The second-order valence-electron chi connectivity index (χ2n) is 8.24. The zero-order chi connectivity index (χ0) is 19.7. The number of likely N-dealkylation sites (tertiary alicyclic amines) is 1. The van der Waals surface area contributed by atoms with E-state index in [1.807, 2.05) is 31.1 Å². The highest BCUT2D eigenvalue weighted by Gasteiger charge is 2.29. The minimum absolute atomic E-state index is 0.623. The molecule has 4 rings (SSSR count). The van der Waals surface area contributed by atoms with E-state index in [1.54, 1.807) is 6.20 Å². The smallest absolute Gasteiger partial charge is 0.127 e. The molecule has 28 heavy (non-hydrogen) atoms. The number of rotatable bonds is 5. The molecule has 1 atom stereocenters. The Morgan fingerprint density at radius 2 is 1.86 bits per heavy atom. The lowest BCUT2D eigenvalue weighted by Gasteiger charge is -2.37. The third kappa shape index (κ3) is 3.74. The third-order valence-electron chi connectivity index (χ3n) is 6.35. The second kappa shape index (κ2) is 8.10. The average Bonchev–Trinajstić information content (AvgIpc) is 3.16. The van der Waals surface area contributed by atoms with Gasteiger partial charge in [-0.05, 0) is 49.1 Å². The third-order valence-corrected chi connectivity index (χ3v) is 6.35. The van der Waals surface area contributed by atoms with Crippen molar-refractivity contribution in [2.24, 2.45) is 0 Å². The number of aliphatic hydroxyl groups is 1. The van der Waals surface area contributed by atoms with E-state index in [0.29, 0.717) is 6.04 Å². The maximum absolute atomic E-state index is 10.9. The molecule has 0 aliphatic carbocycles. The van der Waals surface area contributed by atoms with Gasteiger partial charge in [0, 0.05) is 57.2 Å². The molecule has 3 heterocycles. The maximum atomic E-state index is 10.9. The Balaban J connectivity index is 1.53. The number of hydrogen-bond acceptors (Lipinski definition) is 5. The summed E-state index contributed by atoms with van der Waals surface area (Å²) in [4.78, 5) is 11.5. The van der Waals surface area contributed by atoms with Crippen LogP contribution < -0.4 is 9.80 Å². The van der Waals surface area contributed by atoms with Gasteiger partial charge in [0.05, 0.1) is 0 Å². The van der Waals surface area contributed by atoms with Crippen molar-refractivity contribution in [2.75, 3.05) is 50.1 Å². The Hall–Kier alpha value is -2.11. The first-order chi connectivity index (χ1) is 13.6. The summed E-state index contributed by atoms with van der Waals surface area (Å²) in [7, 11) is 3.94. The molecule has 1 fully saturated rings. The van der Waals surface area contributed by atoms with Gasteiger partial charge in [-0.1, -0.05) is 25.1 Å². The Bertz CT molecular complexity index is 797. The molecule has 0 bridgehead atoms. The molecular formula is C23H32N4O. The van der Waals surface area contributed by atoms with Gasteiger partial charge in [-0.2, -0.15) is 0 Å². The largest absolute Gasteiger partial charge is 0.384 e. The zero-order valence-electron chi connectivity index (χ0n) is 17.3. The summed E-state index contributed by atoms with van der Waals surface area (Å²) in [6, 6.07) is 11.0. The van der Waals surface area contributed by atoms with Crippen LogP contribution in [-0.4, -0.2) is 61.3 Å². The molecule has 1 aromatic carbocycles. The predicted octanol–water partition coefficient (Wildman–Crippen LogP) is 3.08. The van der Waals surface area contributed by atoms with Gasteiger partial charge in [-0.3, -0.25) is 0 Å². The summed E-state index contributed by atoms with van der Waals surface area (Å²) in [6.07, 6.45) is 4.72. The normalized spacial score (nSPS) is 18.9. The van der Waals surface area contributed by atoms with Crippen LogP contribution >= 0.6 is 0 Å². The summed E-state index contributed by atoms with van der Waals surface area (Å²) in [5.41, 5.74) is 4.53. The average molecular weight is 381 g/mol. The molecule has 5 heteroatoms. The van der Waals surface area contributed by atoms with E-state index in [4.69, 9.17) is 0 Å². The number of piperidine rings is 1. The quantitative estimate of drug-likeness (QED) is 0.864. The van der Waals surface area contributed by atoms with Crippen LogP contribution in [0.5, 0.6) is 0 Å². The summed E-state index contributed by atoms with van der Waals surface area (Å²) in [6.45, 7) is 6.89. The molecule has 0 spiro atoms. The highest BCUT2D eigenvalue weighted by atomic mass is 16.3. The maximum Gasteiger partial charge on any atom is 0.127 e. The number of fused-ring (bicyclic) bond motifs is 1. The molecule has 0 amide bonds. The first-order valence-electron chi connectivity index (χ1n) is 10.5. The molecule has 1 unspecified atom stereocenters. The number of aliphatic hydroxyl groups excluding tert-OH is 1. The van der Waals surface area contributed by atoms with Crippen molar-refractivity contribution in [3.63, 3.8) is 0 Å². The Labute approximate surface area is 168 Å². The van der Waals surface area contributed by atoms with E-state index in [-0.39, 0.29) is 0 Å². The van der Waals surface area contributed by atoms with E-state index in [0.717, 1.165) is 36.5 Å². The first kappa shape index (κ1) is 19.2. The first-order valence-corrected chi connectivity index (χ1v) is 10.5. The van der Waals surface area contributed by atoms with Gasteiger partial charge in [-0.25, -0.2) is 4.98 Å². The number of aromatic nitrogens is 1. The van der Waals surface area contributed by atoms with Gasteiger partial charge in [0.15, 0.2) is 0 Å². The number of pyridine rings is 1. The van der Waals surface area contributed by atoms with Crippen molar-refractivity contribution in [2.45, 2.75) is 38.3 Å². The summed E-state index contributed by atoms with van der Waals surface area (Å²) < 4.78 is 0. The van der Waals surface area contributed by atoms with Gasteiger partial charge in [0.25, 0.3) is 0 Å². The molecule has 1 N–H and O–H groups in total. The van der Waals surface area contributed by atoms with Crippen LogP contribution in [0.15, 0.2) is 36.5 Å². The van der Waals surface area contributed by atoms with Crippen molar-refractivity contribution in [3.8, 4) is 0 Å². The lowest BCUT2D eigenvalue weighted by Crippen LogP contribution is -2.44. The van der Waals surface area contributed by atoms with Gasteiger partial charge >= 0.3 is 0 Å². The standard InChI is InChI=1S/C23H32N4O/c1-4-26-12-10-20(11-13-26)27-14-9-17-5-6-18(15-21(17)27)23(28)19-7-8-22(24-16-19)25(2)3/h5-8,15-16,20,23,28H,4,9-14H2,1-3H3. The van der Waals surface area contributed by atoms with Crippen molar-refractivity contribution in [1.82, 2.24) is 9.88 Å². The minimum Gasteiger partial charge on any atom is -0.384 e. The molecule has 2 aromatic rings. The van der Waals surface area contributed by atoms with E-state index in [1.165, 1.54) is 37.2 Å². The molecule has 0 saturated carbocycles. The summed E-state index contributed by atoms with van der Waals surface area (Å²) in [5, 5.41) is 10.9. The monoisotopic (exact) mass is 380 g/mol. The number of anilines is 2. The van der Waals surface area contributed by atoms with Gasteiger partial charge in [0.1, 0.15) is 11.9 Å². The fraction of sp³-hybridized carbons (Fsp3) is 0.522. The topological polar surface area (TPSA) is 42.8 Å². The number of nitrogens with zero attached hydrogens (tertiary/aromatic N) is 4. The molecule has 1 saturated heterocycles. The highest BCUT2D eigenvalue weighted by Crippen LogP contribution is 2.36. The zero-order valence-corrected chi connectivity index (χ0v) is 17.3. The van der Waals surface area contributed by atoms with Crippen LogP contribution in [0.3, 0.4) is 0 Å². The Morgan fingerprint density at radius 3 is 2.50 bits per heavy atom. The highest BCUT2D eigenvalue weighted by molar-refractivity contribution is 5.61. The lowest BCUT2D eigenvalue weighted by molar-refractivity contribution is 0.218. The molecule has 0 radical (unpaired) electrons. The van der Waals surface area contributed by atoms with E-state index >= 15 is 0 Å². The van der Waals surface area contributed by atoms with Crippen LogP contribution in [0.4, 0.5) is 11.5 Å². The fourth-order valence-electron chi connectivity index (χ4n) is 4.53. The summed E-state index contributed by atoms with van der Waals surface area (Å²) in [5.74, 6) is 0.898. The van der Waals surface area contributed by atoms with E-state index in [9.17, 15) is 5.11 Å². The van der Waals surface area contributed by atoms with Crippen molar-refractivity contribution >= 4 is 11.5 Å². The molecule has 150 valence electrons. The van der Waals surface area contributed by atoms with E-state index < -0.39 is 6.10 Å². The van der Waals surface area contributed by atoms with Crippen molar-refractivity contribution in [1.29, 1.82) is 0 Å². The predicted molar refractivity (Wildman–Crippen MR) is 115 cm³/mol. The van der Waals surface area contributed by atoms with Crippen LogP contribution in [0, 0.1) is 0 Å². The summed E-state index contributed by atoms with van der Waals surface area (Å²) >= 11 is 0. The number of hydrogen-bond donors (Lipinski definition) is 1. The molecular weight excluding hydrogens is 348 g/mol. The minimum atomic E-state index is -0.640. The lowest BCUT2D eigenvalue weighted by atomic mass is 9.99. The van der Waals surface area contributed by atoms with Gasteiger partial charge in [0.2, 0.25) is 0 Å². The molecule has 2 aliphatic rings. The van der Waals surface area contributed by atoms with Crippen LogP contribution in [-0.2, 0) is 6.42 Å². The van der Waals surface area contributed by atoms with Crippen LogP contribution in [0.1, 0.15) is 42.6 Å². The van der Waals surface area contributed by atoms with Crippen molar-refractivity contribution < 1.29 is 5.11 Å². The fourth-order valence-corrected chi connectivity index (χ4v) is 4.53. The molecule has 2 aliphatic heterocycles. The van der Waals surface area contributed by atoms with Crippen molar-refractivity contribution in [3.05, 3.63) is 53.2 Å². The Morgan fingerprint density at radius 1 is 1.11 bits per heavy atom. The van der Waals surface area contributed by atoms with E-state index in [2.05, 4.69) is 39.9 Å². The van der Waals surface area contributed by atoms with Gasteiger partial charge < -0.3 is 19.8 Å². The van der Waals surface area contributed by atoms with Crippen LogP contribution in [0.2, 0.25) is 0 Å². The molecule has 5 nitrogen and oxygen atoms in total. The molecule has 1 aromatic heterocycles. The van der Waals surface area contributed by atoms with Gasteiger partial charge in [-0.15, -0.1) is 0 Å².